The van der Waals surface area contributed by atoms with Gasteiger partial charge in [-0.15, -0.1) is 12.6 Å². The molecule has 3 aliphatic heterocycles. The fraction of sp³-hybridized carbons (Fsp3) is 0.548. The van der Waals surface area contributed by atoms with Gasteiger partial charge in [-0.25, -0.2) is 9.38 Å². The highest BCUT2D eigenvalue weighted by atomic mass is 32.1. The molecule has 11 heteroatoms. The van der Waals surface area contributed by atoms with Crippen LogP contribution in [0.4, 0.5) is 4.39 Å². The van der Waals surface area contributed by atoms with E-state index >= 15 is 0 Å². The van der Waals surface area contributed by atoms with Gasteiger partial charge in [0.15, 0.2) is 5.78 Å². The number of likely N-dealkylation sites (N-methyl/N-ethyl adjacent to an activating group) is 1. The molecule has 3 fully saturated rings. The Morgan fingerprint density at radius 2 is 2.12 bits per heavy atom. The van der Waals surface area contributed by atoms with Crippen LogP contribution in [0.1, 0.15) is 44.1 Å². The number of fused-ring (bicyclic) bond motifs is 1. The Balaban J connectivity index is 1.36. The van der Waals surface area contributed by atoms with Crippen LogP contribution in [0.5, 0.6) is 0 Å². The lowest BCUT2D eigenvalue weighted by Gasteiger charge is -2.45. The predicted molar refractivity (Wildman–Crippen MR) is 161 cm³/mol. The van der Waals surface area contributed by atoms with Crippen molar-refractivity contribution in [2.24, 2.45) is 15.9 Å². The predicted octanol–water partition coefficient (Wildman–Crippen LogP) is 3.46. The number of nitriles is 1. The standard InChI is InChI=1S/C31H38FN6O3S/c1-3-27(39)38-16-15-37(18-23(38)12-13-33)30-25-10-8-20(6-7-21-17-22(32)9-11-26(21)42)29(40)28(25)34-31(35-30)41-19-24-5-4-14-36(24)2/h3,9,11,17,20,23-24,28,42H,1,4-8,10,12,14-16,18-19H2,2H3/t20-,23?,24?,28?/m1/s1. The molecule has 4 atom stereocenters. The molecule has 1 aromatic carbocycles. The number of aryl methyl sites for hydroxylation is 1. The molecule has 1 amide bonds. The topological polar surface area (TPSA) is 102 Å². The van der Waals surface area contributed by atoms with E-state index in [0.29, 0.717) is 62.7 Å². The largest absolute Gasteiger partial charge is 0.462 e. The van der Waals surface area contributed by atoms with E-state index < -0.39 is 6.04 Å². The molecular formula is C31H38FN6O3S. The first-order chi connectivity index (χ1) is 20.3. The smallest absolute Gasteiger partial charge is 0.314 e. The number of benzene rings is 1. The average Bonchev–Trinajstić information content (AvgIpc) is 3.41. The Labute approximate surface area is 252 Å². The van der Waals surface area contributed by atoms with Crippen LogP contribution < -0.4 is 0 Å². The Morgan fingerprint density at radius 3 is 2.86 bits per heavy atom. The number of hydrogen-bond donors (Lipinski definition) is 1. The van der Waals surface area contributed by atoms with E-state index in [1.54, 1.807) is 11.0 Å². The van der Waals surface area contributed by atoms with Crippen LogP contribution in [-0.4, -0.2) is 96.2 Å². The highest BCUT2D eigenvalue weighted by Crippen LogP contribution is 2.37. The quantitative estimate of drug-likeness (QED) is 0.384. The number of halogens is 1. The second-order valence-corrected chi connectivity index (χ2v) is 12.0. The third kappa shape index (κ3) is 6.55. The lowest BCUT2D eigenvalue weighted by atomic mass is 9.74. The maximum atomic E-state index is 13.9. The minimum absolute atomic E-state index is 0.0221. The molecule has 0 bridgehead atoms. The molecule has 1 aliphatic carbocycles. The molecule has 5 rings (SSSR count). The Bertz CT molecular complexity index is 1310. The van der Waals surface area contributed by atoms with Crippen molar-refractivity contribution in [3.8, 4) is 6.07 Å². The highest BCUT2D eigenvalue weighted by Gasteiger charge is 2.46. The zero-order chi connectivity index (χ0) is 29.8. The average molecular weight is 594 g/mol. The summed E-state index contributed by atoms with van der Waals surface area (Å²) in [6, 6.07) is 6.17. The van der Waals surface area contributed by atoms with Crippen LogP contribution in [0.3, 0.4) is 0 Å². The number of amidine groups is 2. The van der Waals surface area contributed by atoms with Gasteiger partial charge < -0.3 is 19.4 Å². The van der Waals surface area contributed by atoms with Crippen molar-refractivity contribution >= 4 is 36.2 Å². The number of likely N-dealkylation sites (tertiary alicyclic amines) is 1. The number of Topliss-reactive ketones (excluding diaryl/α,β-unsaturated/α-hetero) is 1. The fourth-order valence-corrected chi connectivity index (χ4v) is 6.74. The number of rotatable bonds is 7. The molecule has 2 saturated heterocycles. The number of thiol groups is 1. The molecule has 223 valence electrons. The summed E-state index contributed by atoms with van der Waals surface area (Å²) in [5.41, 5.74) is 0.787. The van der Waals surface area contributed by atoms with Gasteiger partial charge in [-0.1, -0.05) is 6.58 Å². The molecule has 1 radical (unpaired) electrons. The van der Waals surface area contributed by atoms with E-state index in [1.165, 1.54) is 18.2 Å². The number of nitrogens with zero attached hydrogens (tertiary/aromatic N) is 6. The van der Waals surface area contributed by atoms with Gasteiger partial charge in [0.1, 0.15) is 24.3 Å². The van der Waals surface area contributed by atoms with Gasteiger partial charge in [0.25, 0.3) is 0 Å². The molecule has 3 heterocycles. The second-order valence-electron chi connectivity index (χ2n) is 11.5. The summed E-state index contributed by atoms with van der Waals surface area (Å²) in [5, 5.41) is 9.46. The summed E-state index contributed by atoms with van der Waals surface area (Å²) in [7, 11) is 2.08. The van der Waals surface area contributed by atoms with Crippen LogP contribution in [0.15, 0.2) is 45.7 Å². The Kier molecular flexibility index (Phi) is 9.63. The van der Waals surface area contributed by atoms with Crippen molar-refractivity contribution in [1.82, 2.24) is 14.7 Å². The SMILES string of the molecule is C=CC(=O)N1CCN(C2=NC(OCC3CCCN3C)=NC3[C]2CC[C@@H](CCc2cc(F)ccc2S)C3=O)CC1CC#N. The Hall–Kier alpha value is -3.23. The summed E-state index contributed by atoms with van der Waals surface area (Å²) in [6.07, 6.45) is 6.03. The number of carbonyl (C=O) groups is 2. The van der Waals surface area contributed by atoms with Gasteiger partial charge >= 0.3 is 6.02 Å². The molecule has 42 heavy (non-hydrogen) atoms. The van der Waals surface area contributed by atoms with Gasteiger partial charge in [-0.3, -0.25) is 9.59 Å². The summed E-state index contributed by atoms with van der Waals surface area (Å²) < 4.78 is 20.0. The first-order valence-corrected chi connectivity index (χ1v) is 15.2. The van der Waals surface area contributed by atoms with Crippen LogP contribution in [0, 0.1) is 29.0 Å². The van der Waals surface area contributed by atoms with E-state index in [9.17, 15) is 19.2 Å². The zero-order valence-electron chi connectivity index (χ0n) is 24.0. The number of ether oxygens (including phenoxy) is 1. The summed E-state index contributed by atoms with van der Waals surface area (Å²) >= 11 is 4.47. The molecule has 4 aliphatic rings. The molecule has 1 aromatic rings. The third-order valence-electron chi connectivity index (χ3n) is 8.94. The summed E-state index contributed by atoms with van der Waals surface area (Å²) in [5.74, 6) is 0.817. The minimum Gasteiger partial charge on any atom is -0.462 e. The van der Waals surface area contributed by atoms with E-state index in [4.69, 9.17) is 14.7 Å². The van der Waals surface area contributed by atoms with Gasteiger partial charge in [-0.2, -0.15) is 10.3 Å². The summed E-state index contributed by atoms with van der Waals surface area (Å²) in [4.78, 5) is 42.7. The zero-order valence-corrected chi connectivity index (χ0v) is 24.9. The number of carbonyl (C=O) groups excluding carboxylic acids is 2. The monoisotopic (exact) mass is 593 g/mol. The maximum absolute atomic E-state index is 13.9. The van der Waals surface area contributed by atoms with Gasteiger partial charge in [0, 0.05) is 36.5 Å². The van der Waals surface area contributed by atoms with Crippen LogP contribution in [0.25, 0.3) is 0 Å². The van der Waals surface area contributed by atoms with Gasteiger partial charge in [-0.05, 0) is 82.0 Å². The minimum atomic E-state index is -0.696. The molecule has 3 unspecified atom stereocenters. The van der Waals surface area contributed by atoms with Crippen LogP contribution >= 0.6 is 12.6 Å². The fourth-order valence-electron chi connectivity index (χ4n) is 6.49. The first-order valence-electron chi connectivity index (χ1n) is 14.7. The van der Waals surface area contributed by atoms with Crippen molar-refractivity contribution in [2.45, 2.75) is 68.0 Å². The lowest BCUT2D eigenvalue weighted by Crippen LogP contribution is -2.59. The van der Waals surface area contributed by atoms with Crippen molar-refractivity contribution in [3.63, 3.8) is 0 Å². The molecule has 0 spiro atoms. The summed E-state index contributed by atoms with van der Waals surface area (Å²) in [6.45, 7) is 6.42. The van der Waals surface area contributed by atoms with Crippen molar-refractivity contribution in [3.05, 3.63) is 48.2 Å². The first kappa shape index (κ1) is 30.2. The molecule has 0 aromatic heterocycles. The third-order valence-corrected chi connectivity index (χ3v) is 9.38. The molecule has 1 saturated carbocycles. The molecule has 0 N–H and O–H groups in total. The van der Waals surface area contributed by atoms with Crippen LogP contribution in [0.2, 0.25) is 0 Å². The maximum Gasteiger partial charge on any atom is 0.314 e. The second kappa shape index (κ2) is 13.4. The highest BCUT2D eigenvalue weighted by molar-refractivity contribution is 7.80. The van der Waals surface area contributed by atoms with E-state index in [1.807, 2.05) is 0 Å². The van der Waals surface area contributed by atoms with Gasteiger partial charge in [0.05, 0.1) is 24.4 Å². The number of aliphatic imine (C=N–C) groups is 2. The normalized spacial score (nSPS) is 26.8. The van der Waals surface area contributed by atoms with Crippen molar-refractivity contribution < 1.29 is 18.7 Å². The lowest BCUT2D eigenvalue weighted by molar-refractivity contribution is -0.130. The van der Waals surface area contributed by atoms with Gasteiger partial charge in [0.2, 0.25) is 5.91 Å². The van der Waals surface area contributed by atoms with E-state index in [2.05, 4.69) is 42.1 Å². The van der Waals surface area contributed by atoms with E-state index in [-0.39, 0.29) is 48.0 Å². The Morgan fingerprint density at radius 1 is 1.29 bits per heavy atom. The number of amides is 1. The number of piperazine rings is 1. The van der Waals surface area contributed by atoms with Crippen molar-refractivity contribution in [2.75, 3.05) is 39.8 Å². The number of hydrogen-bond acceptors (Lipinski definition) is 9. The molecule has 9 nitrogen and oxygen atoms in total. The number of ketones is 1. The van der Waals surface area contributed by atoms with E-state index in [0.717, 1.165) is 30.9 Å². The molecular weight excluding hydrogens is 555 g/mol. The van der Waals surface area contributed by atoms with Crippen molar-refractivity contribution in [1.29, 1.82) is 5.26 Å². The van der Waals surface area contributed by atoms with Crippen LogP contribution in [-0.2, 0) is 20.7 Å².